The number of carbonyl (C=O) groups excluding carboxylic acids is 8. The molecule has 7 amide bonds. The van der Waals surface area contributed by atoms with Gasteiger partial charge in [-0.15, -0.1) is 0 Å². The highest BCUT2D eigenvalue weighted by Gasteiger charge is 2.29. The van der Waals surface area contributed by atoms with Crippen LogP contribution in [0.4, 0.5) is 0 Å². The monoisotopic (exact) mass is 562 g/mol. The van der Waals surface area contributed by atoms with Crippen molar-refractivity contribution >= 4 is 72.9 Å². The van der Waals surface area contributed by atoms with E-state index >= 15 is 0 Å². The van der Waals surface area contributed by atoms with Gasteiger partial charge in [-0.3, -0.25) is 38.4 Å². The molecule has 0 heterocycles. The van der Waals surface area contributed by atoms with Crippen LogP contribution in [0.2, 0.25) is 0 Å². The van der Waals surface area contributed by atoms with Gasteiger partial charge in [-0.1, -0.05) is 0 Å². The molecule has 1 radical (unpaired) electrons. The van der Waals surface area contributed by atoms with Gasteiger partial charge < -0.3 is 36.4 Å². The lowest BCUT2D eigenvalue weighted by molar-refractivity contribution is -0.141. The maximum absolute atomic E-state index is 13.0. The molecule has 0 aliphatic heterocycles. The van der Waals surface area contributed by atoms with Gasteiger partial charge in [-0.2, -0.15) is 25.3 Å². The highest BCUT2D eigenvalue weighted by molar-refractivity contribution is 7.80. The molecule has 0 bridgehead atoms. The molecule has 0 aromatic rings. The molecule has 0 aliphatic carbocycles. The predicted molar refractivity (Wildman–Crippen MR) is 137 cm³/mol. The van der Waals surface area contributed by atoms with Crippen LogP contribution in [0.15, 0.2) is 0 Å². The predicted octanol–water partition coefficient (Wildman–Crippen LogP) is -4.09. The number of carbonyl (C=O) groups is 7. The zero-order chi connectivity index (χ0) is 28.5. The summed E-state index contributed by atoms with van der Waals surface area (Å²) in [4.78, 5) is 96.7. The minimum absolute atomic E-state index is 0.166. The Balaban J connectivity index is 5.48. The quantitative estimate of drug-likeness (QED) is 0.0726. The van der Waals surface area contributed by atoms with Crippen molar-refractivity contribution in [2.45, 2.75) is 32.9 Å². The summed E-state index contributed by atoms with van der Waals surface area (Å²) in [5, 5.41) is 11.8. The number of thiol groups is 2. The summed E-state index contributed by atoms with van der Waals surface area (Å²) in [6, 6.07) is -2.43. The van der Waals surface area contributed by atoms with Crippen molar-refractivity contribution in [2.75, 3.05) is 44.5 Å². The van der Waals surface area contributed by atoms with E-state index in [-0.39, 0.29) is 18.2 Å². The Labute approximate surface area is 225 Å². The smallest absolute Gasteiger partial charge is 0.247 e. The second-order valence-electron chi connectivity index (χ2n) is 7.51. The van der Waals surface area contributed by atoms with E-state index < -0.39 is 79.7 Å². The van der Waals surface area contributed by atoms with Crippen molar-refractivity contribution in [3.63, 3.8) is 0 Å². The molecule has 17 heteroatoms. The maximum Gasteiger partial charge on any atom is 0.247 e. The topological polar surface area (TPSA) is 203 Å². The van der Waals surface area contributed by atoms with E-state index in [0.29, 0.717) is 0 Å². The van der Waals surface area contributed by atoms with Gasteiger partial charge in [-0.05, 0) is 0 Å². The summed E-state index contributed by atoms with van der Waals surface area (Å²) < 4.78 is 0. The third kappa shape index (κ3) is 14.1. The van der Waals surface area contributed by atoms with Gasteiger partial charge in [0.25, 0.3) is 0 Å². The number of nitrogens with zero attached hydrogens (tertiary/aromatic N) is 2. The van der Waals surface area contributed by atoms with Crippen LogP contribution < -0.4 is 26.6 Å². The van der Waals surface area contributed by atoms with Gasteiger partial charge in [0, 0.05) is 32.3 Å². The lowest BCUT2D eigenvalue weighted by Crippen LogP contribution is -2.57. The van der Waals surface area contributed by atoms with E-state index in [2.05, 4.69) is 51.8 Å². The van der Waals surface area contributed by atoms with Gasteiger partial charge in [0.2, 0.25) is 47.6 Å². The Kier molecular flexibility index (Phi) is 16.4. The molecular weight excluding hydrogens is 530 g/mol. The number of hydrogen-bond acceptors (Lipinski definition) is 10. The molecule has 0 rings (SSSR count). The Bertz CT molecular complexity index is 874. The van der Waals surface area contributed by atoms with Gasteiger partial charge in [0.1, 0.15) is 18.6 Å². The fourth-order valence-electron chi connectivity index (χ4n) is 2.59. The highest BCUT2D eigenvalue weighted by atomic mass is 32.1. The van der Waals surface area contributed by atoms with Crippen molar-refractivity contribution in [3.8, 4) is 0 Å². The molecule has 0 spiro atoms. The van der Waals surface area contributed by atoms with Crippen LogP contribution in [0.3, 0.4) is 0 Å². The van der Waals surface area contributed by atoms with Crippen molar-refractivity contribution in [1.29, 1.82) is 0 Å². The van der Waals surface area contributed by atoms with E-state index in [4.69, 9.17) is 0 Å². The van der Waals surface area contributed by atoms with Crippen molar-refractivity contribution < 1.29 is 38.4 Å². The Morgan fingerprint density at radius 3 is 1.57 bits per heavy atom. The van der Waals surface area contributed by atoms with Crippen LogP contribution in [-0.2, 0) is 38.4 Å². The second kappa shape index (κ2) is 18.0. The van der Waals surface area contributed by atoms with Crippen LogP contribution in [0.1, 0.15) is 20.8 Å². The first-order valence-corrected chi connectivity index (χ1v) is 12.1. The van der Waals surface area contributed by atoms with E-state index in [1.54, 1.807) is 0 Å². The molecule has 15 nitrogen and oxygen atoms in total. The average Bonchev–Trinajstić information content (AvgIpc) is 2.83. The zero-order valence-electron chi connectivity index (χ0n) is 20.7. The molecule has 5 N–H and O–H groups in total. The number of hydrogen-bond donors (Lipinski definition) is 7. The molecule has 207 valence electrons. The van der Waals surface area contributed by atoms with E-state index in [0.717, 1.165) is 9.80 Å². The first-order valence-electron chi connectivity index (χ1n) is 10.8. The van der Waals surface area contributed by atoms with Crippen LogP contribution in [-0.4, -0.2) is 114 Å². The maximum atomic E-state index is 13.0. The molecule has 0 saturated carbocycles. The Morgan fingerprint density at radius 2 is 1.14 bits per heavy atom. The molecule has 2 unspecified atom stereocenters. The second-order valence-corrected chi connectivity index (χ2v) is 8.24. The lowest BCUT2D eigenvalue weighted by atomic mass is 10.2. The minimum Gasteiger partial charge on any atom is -0.347 e. The number of nitrogens with one attached hydrogen (secondary N) is 5. The van der Waals surface area contributed by atoms with Gasteiger partial charge in [0.15, 0.2) is 0 Å². The molecule has 0 saturated heterocycles. The van der Waals surface area contributed by atoms with Crippen LogP contribution in [0.25, 0.3) is 0 Å². The van der Waals surface area contributed by atoms with Crippen molar-refractivity contribution in [1.82, 2.24) is 36.4 Å². The van der Waals surface area contributed by atoms with Crippen LogP contribution in [0, 0.1) is 0 Å². The van der Waals surface area contributed by atoms with Crippen LogP contribution in [0.5, 0.6) is 0 Å². The summed E-state index contributed by atoms with van der Waals surface area (Å²) in [6.45, 7) is 1.41. The molecule has 37 heavy (non-hydrogen) atoms. The SMILES string of the molecule is CC(=O)NCC(=O)NC(CS)C(=O)N(CNC(C)=O)CC(=O)NC(CS)C(=O)N(C[C]=O)CNC(C)=O. The molecule has 0 aromatic carbocycles. The number of amides is 7. The Hall–Kier alpha value is -3.34. The molecule has 0 aliphatic rings. The highest BCUT2D eigenvalue weighted by Crippen LogP contribution is 2.01. The van der Waals surface area contributed by atoms with E-state index in [1.807, 2.05) is 0 Å². The zero-order valence-corrected chi connectivity index (χ0v) is 22.4. The fraction of sp³-hybridized carbons (Fsp3) is 0.600. The third-order valence-corrected chi connectivity index (χ3v) is 5.11. The van der Waals surface area contributed by atoms with Crippen molar-refractivity contribution in [2.24, 2.45) is 0 Å². The normalized spacial score (nSPS) is 11.7. The summed E-state index contributed by atoms with van der Waals surface area (Å²) in [5.41, 5.74) is 0. The molecule has 0 aromatic heterocycles. The third-order valence-electron chi connectivity index (χ3n) is 4.38. The first-order chi connectivity index (χ1) is 17.4. The number of rotatable bonds is 16. The Morgan fingerprint density at radius 1 is 0.703 bits per heavy atom. The van der Waals surface area contributed by atoms with Crippen molar-refractivity contribution in [3.05, 3.63) is 0 Å². The van der Waals surface area contributed by atoms with Gasteiger partial charge in [-0.25, -0.2) is 0 Å². The van der Waals surface area contributed by atoms with Crippen LogP contribution >= 0.6 is 25.3 Å². The standard InChI is InChI=1S/C20H32N7O8S2/c1-12(29)21-6-17(32)24-16(9-37)20(35)27(11-23-14(3)31)7-18(33)25-15(8-36)19(34)26(4-5-28)10-22-13(2)30/h15-16,36-37H,4,6-11H2,1-3H3,(H,21,29)(H,22,30)(H,23,31)(H,24,32)(H,25,33). The average molecular weight is 563 g/mol. The van der Waals surface area contributed by atoms with E-state index in [9.17, 15) is 38.4 Å². The van der Waals surface area contributed by atoms with Gasteiger partial charge >= 0.3 is 0 Å². The van der Waals surface area contributed by atoms with E-state index in [1.165, 1.54) is 27.1 Å². The molecule has 0 fully saturated rings. The lowest BCUT2D eigenvalue weighted by Gasteiger charge is -2.29. The first kappa shape index (κ1) is 33.7. The summed E-state index contributed by atoms with van der Waals surface area (Å²) in [5.74, 6) is -4.77. The minimum atomic E-state index is -1.23. The summed E-state index contributed by atoms with van der Waals surface area (Å²) in [7, 11) is 0. The largest absolute Gasteiger partial charge is 0.347 e. The summed E-state index contributed by atoms with van der Waals surface area (Å²) >= 11 is 8.09. The molecule has 2 atom stereocenters. The fourth-order valence-corrected chi connectivity index (χ4v) is 3.09. The van der Waals surface area contributed by atoms with Gasteiger partial charge in [0.05, 0.1) is 26.4 Å². The summed E-state index contributed by atoms with van der Waals surface area (Å²) in [6.07, 6.45) is 1.54. The molecular formula is C20H32N7O8S2.